The van der Waals surface area contributed by atoms with E-state index in [0.29, 0.717) is 38.3 Å². The molecule has 0 aromatic heterocycles. The first-order valence-corrected chi connectivity index (χ1v) is 7.55. The largest absolute Gasteiger partial charge is 0.507 e. The van der Waals surface area contributed by atoms with Gasteiger partial charge in [0.15, 0.2) is 0 Å². The van der Waals surface area contributed by atoms with Crippen LogP contribution in [-0.2, 0) is 4.79 Å². The second kappa shape index (κ2) is 7.26. The number of nitrogens with one attached hydrogen (secondary N) is 1. The molecule has 1 unspecified atom stereocenters. The molecular weight excluding hydrogens is 282 g/mol. The van der Waals surface area contributed by atoms with Crippen molar-refractivity contribution in [3.63, 3.8) is 0 Å². The van der Waals surface area contributed by atoms with Crippen LogP contribution in [0.25, 0.3) is 0 Å². The quantitative estimate of drug-likeness (QED) is 0.851. The van der Waals surface area contributed by atoms with Crippen molar-refractivity contribution in [2.45, 2.75) is 6.92 Å². The van der Waals surface area contributed by atoms with E-state index >= 15 is 0 Å². The molecule has 22 heavy (non-hydrogen) atoms. The number of para-hydroxylation sites is 1. The average molecular weight is 305 g/mol. The maximum atomic E-state index is 12.4. The Morgan fingerprint density at radius 2 is 1.77 bits per heavy atom. The molecule has 1 aromatic rings. The summed E-state index contributed by atoms with van der Waals surface area (Å²) in [5.74, 6) is -0.142. The van der Waals surface area contributed by atoms with E-state index < -0.39 is 0 Å². The second-order valence-corrected chi connectivity index (χ2v) is 5.59. The Balaban J connectivity index is 1.93. The molecule has 1 fully saturated rings. The lowest BCUT2D eigenvalue weighted by atomic mass is 10.1. The Bertz CT molecular complexity index is 539. The normalized spacial score (nSPS) is 16.5. The molecule has 1 aliphatic heterocycles. The fourth-order valence-corrected chi connectivity index (χ4v) is 2.66. The Labute approximate surface area is 130 Å². The van der Waals surface area contributed by atoms with E-state index in [1.807, 2.05) is 14.0 Å². The topological polar surface area (TPSA) is 72.9 Å². The monoisotopic (exact) mass is 305 g/mol. The molecule has 1 heterocycles. The minimum absolute atomic E-state index is 0.00588. The third kappa shape index (κ3) is 3.57. The van der Waals surface area contributed by atoms with E-state index in [-0.39, 0.29) is 23.5 Å². The van der Waals surface area contributed by atoms with Crippen LogP contribution in [-0.4, -0.2) is 66.5 Å². The number of piperazine rings is 1. The Hall–Kier alpha value is -2.08. The van der Waals surface area contributed by atoms with E-state index in [1.165, 1.54) is 6.07 Å². The average Bonchev–Trinajstić information content (AvgIpc) is 2.54. The van der Waals surface area contributed by atoms with Crippen molar-refractivity contribution in [1.29, 1.82) is 0 Å². The molecule has 1 saturated heterocycles. The van der Waals surface area contributed by atoms with Crippen LogP contribution in [0.3, 0.4) is 0 Å². The van der Waals surface area contributed by atoms with E-state index in [0.717, 1.165) is 0 Å². The number of phenols is 1. The summed E-state index contributed by atoms with van der Waals surface area (Å²) in [7, 11) is 1.83. The lowest BCUT2D eigenvalue weighted by Gasteiger charge is -2.36. The summed E-state index contributed by atoms with van der Waals surface area (Å²) >= 11 is 0. The van der Waals surface area contributed by atoms with Crippen LogP contribution < -0.4 is 5.32 Å². The molecule has 1 atom stereocenters. The van der Waals surface area contributed by atoms with Gasteiger partial charge in [-0.25, -0.2) is 0 Å². The van der Waals surface area contributed by atoms with Crippen LogP contribution in [0.2, 0.25) is 0 Å². The minimum atomic E-state index is -0.187. The van der Waals surface area contributed by atoms with Crippen molar-refractivity contribution in [3.05, 3.63) is 29.8 Å². The third-order valence-corrected chi connectivity index (χ3v) is 3.94. The highest BCUT2D eigenvalue weighted by Crippen LogP contribution is 2.19. The van der Waals surface area contributed by atoms with Crippen LogP contribution in [0.5, 0.6) is 5.75 Å². The molecule has 0 aliphatic carbocycles. The van der Waals surface area contributed by atoms with Gasteiger partial charge in [-0.2, -0.15) is 0 Å². The van der Waals surface area contributed by atoms with Crippen molar-refractivity contribution < 1.29 is 14.7 Å². The van der Waals surface area contributed by atoms with Crippen LogP contribution in [0, 0.1) is 5.92 Å². The SMILES string of the molecule is CNCC(C)C(=O)N1CCN(C(=O)c2ccccc2O)CC1. The highest BCUT2D eigenvalue weighted by Gasteiger charge is 2.27. The van der Waals surface area contributed by atoms with Crippen molar-refractivity contribution >= 4 is 11.8 Å². The number of carbonyl (C=O) groups is 2. The molecule has 2 amide bonds. The second-order valence-electron chi connectivity index (χ2n) is 5.59. The van der Waals surface area contributed by atoms with Crippen molar-refractivity contribution in [2.24, 2.45) is 5.92 Å². The summed E-state index contributed by atoms with van der Waals surface area (Å²) in [5.41, 5.74) is 0.311. The van der Waals surface area contributed by atoms with Gasteiger partial charge in [0.1, 0.15) is 5.75 Å². The molecule has 6 heteroatoms. The molecule has 2 N–H and O–H groups in total. The number of carbonyl (C=O) groups excluding carboxylic acids is 2. The fraction of sp³-hybridized carbons (Fsp3) is 0.500. The summed E-state index contributed by atoms with van der Waals surface area (Å²) in [6.45, 7) is 4.60. The molecule has 120 valence electrons. The maximum absolute atomic E-state index is 12.4. The van der Waals surface area contributed by atoms with Gasteiger partial charge >= 0.3 is 0 Å². The molecule has 0 saturated carbocycles. The van der Waals surface area contributed by atoms with Crippen molar-refractivity contribution in [1.82, 2.24) is 15.1 Å². The smallest absolute Gasteiger partial charge is 0.257 e. The Kier molecular flexibility index (Phi) is 5.38. The van der Waals surface area contributed by atoms with Gasteiger partial charge in [-0.15, -0.1) is 0 Å². The number of phenolic OH excluding ortho intramolecular Hbond substituents is 1. The predicted molar refractivity (Wildman–Crippen MR) is 83.7 cm³/mol. The summed E-state index contributed by atoms with van der Waals surface area (Å²) in [5, 5.41) is 12.8. The van der Waals surface area contributed by atoms with E-state index in [1.54, 1.807) is 28.0 Å². The third-order valence-electron chi connectivity index (χ3n) is 3.94. The molecular formula is C16H23N3O3. The number of benzene rings is 1. The molecule has 0 radical (unpaired) electrons. The molecule has 6 nitrogen and oxygen atoms in total. The highest BCUT2D eigenvalue weighted by atomic mass is 16.3. The van der Waals surface area contributed by atoms with E-state index in [2.05, 4.69) is 5.32 Å². The summed E-state index contributed by atoms with van der Waals surface area (Å²) in [6, 6.07) is 6.54. The van der Waals surface area contributed by atoms with E-state index in [9.17, 15) is 14.7 Å². The predicted octanol–water partition coefficient (Wildman–Crippen LogP) is 0.532. The standard InChI is InChI=1S/C16H23N3O3/c1-12(11-17-2)15(21)18-7-9-19(10-8-18)16(22)13-5-3-4-6-14(13)20/h3-6,12,17,20H,7-11H2,1-2H3. The Morgan fingerprint density at radius 1 is 1.18 bits per heavy atom. The first kappa shape index (κ1) is 16.3. The van der Waals surface area contributed by atoms with Gasteiger partial charge in [-0.1, -0.05) is 19.1 Å². The zero-order valence-corrected chi connectivity index (χ0v) is 13.1. The van der Waals surface area contributed by atoms with Crippen molar-refractivity contribution in [3.8, 4) is 5.75 Å². The van der Waals surface area contributed by atoms with Gasteiger partial charge in [-0.05, 0) is 19.2 Å². The number of hydrogen-bond acceptors (Lipinski definition) is 4. The van der Waals surface area contributed by atoms with Gasteiger partial charge in [0.2, 0.25) is 5.91 Å². The Morgan fingerprint density at radius 3 is 2.36 bits per heavy atom. The number of aromatic hydroxyl groups is 1. The number of rotatable bonds is 4. The molecule has 2 rings (SSSR count). The maximum Gasteiger partial charge on any atom is 0.257 e. The minimum Gasteiger partial charge on any atom is -0.507 e. The van der Waals surface area contributed by atoms with Crippen LogP contribution in [0.4, 0.5) is 0 Å². The number of amides is 2. The molecule has 1 aliphatic rings. The molecule has 0 bridgehead atoms. The van der Waals surface area contributed by atoms with Gasteiger partial charge in [0, 0.05) is 38.6 Å². The van der Waals surface area contributed by atoms with E-state index in [4.69, 9.17) is 0 Å². The van der Waals surface area contributed by atoms with Crippen LogP contribution in [0.15, 0.2) is 24.3 Å². The zero-order valence-electron chi connectivity index (χ0n) is 13.1. The van der Waals surface area contributed by atoms with Crippen molar-refractivity contribution in [2.75, 3.05) is 39.8 Å². The fourth-order valence-electron chi connectivity index (χ4n) is 2.66. The molecule has 1 aromatic carbocycles. The number of nitrogens with zero attached hydrogens (tertiary/aromatic N) is 2. The summed E-state index contributed by atoms with van der Waals surface area (Å²) in [6.07, 6.45) is 0. The first-order chi connectivity index (χ1) is 10.5. The lowest BCUT2D eigenvalue weighted by molar-refractivity contribution is -0.136. The van der Waals surface area contributed by atoms with Gasteiger partial charge < -0.3 is 20.2 Å². The van der Waals surface area contributed by atoms with Crippen LogP contribution >= 0.6 is 0 Å². The highest BCUT2D eigenvalue weighted by molar-refractivity contribution is 5.97. The van der Waals surface area contributed by atoms with Gasteiger partial charge in [0.05, 0.1) is 5.56 Å². The lowest BCUT2D eigenvalue weighted by Crippen LogP contribution is -2.52. The zero-order chi connectivity index (χ0) is 16.1. The number of hydrogen-bond donors (Lipinski definition) is 2. The van der Waals surface area contributed by atoms with Gasteiger partial charge in [0.25, 0.3) is 5.91 Å². The van der Waals surface area contributed by atoms with Gasteiger partial charge in [-0.3, -0.25) is 9.59 Å². The summed E-state index contributed by atoms with van der Waals surface area (Å²) < 4.78 is 0. The van der Waals surface area contributed by atoms with Crippen LogP contribution in [0.1, 0.15) is 17.3 Å². The molecule has 0 spiro atoms. The first-order valence-electron chi connectivity index (χ1n) is 7.55. The summed E-state index contributed by atoms with van der Waals surface area (Å²) in [4.78, 5) is 28.1.